The fourth-order valence-electron chi connectivity index (χ4n) is 2.95. The second kappa shape index (κ2) is 6.72. The van der Waals surface area contributed by atoms with E-state index in [0.717, 1.165) is 22.6 Å². The fourth-order valence-corrected chi connectivity index (χ4v) is 3.08. The van der Waals surface area contributed by atoms with Crippen LogP contribution in [0.15, 0.2) is 35.6 Å². The van der Waals surface area contributed by atoms with Crippen molar-refractivity contribution in [2.75, 3.05) is 4.90 Å². The Hall–Kier alpha value is -2.60. The summed E-state index contributed by atoms with van der Waals surface area (Å²) in [6, 6.07) is 7.12. The molecule has 0 fully saturated rings. The third kappa shape index (κ3) is 3.05. The summed E-state index contributed by atoms with van der Waals surface area (Å²) in [5.74, 6) is -0.526. The topological polar surface area (TPSA) is 75.5 Å². The Bertz CT molecular complexity index is 863. The van der Waals surface area contributed by atoms with Crippen molar-refractivity contribution in [3.8, 4) is 0 Å². The molecule has 0 saturated heterocycles. The number of nitrogens with zero attached hydrogens (tertiary/aromatic N) is 4. The Morgan fingerprint density at radius 3 is 2.32 bits per heavy atom. The van der Waals surface area contributed by atoms with Gasteiger partial charge in [-0.15, -0.1) is 0 Å². The summed E-state index contributed by atoms with van der Waals surface area (Å²) in [6.45, 7) is 4.68. The van der Waals surface area contributed by atoms with E-state index in [1.165, 1.54) is 20.2 Å². The number of carbonyl (C=O) groups excluding carboxylic acids is 2. The molecule has 2 amide bonds. The minimum absolute atomic E-state index is 0.136. The highest BCUT2D eigenvalue weighted by molar-refractivity contribution is 6.31. The van der Waals surface area contributed by atoms with Crippen molar-refractivity contribution in [2.24, 2.45) is 4.99 Å². The number of carbonyl (C=O) groups is 2. The lowest BCUT2D eigenvalue weighted by Crippen LogP contribution is -2.35. The SMILES string of the molecule is CCC1N=C(c2ccc(Cl)cc2)c2c1ncnc2N(C(C)=O)C(C)=O. The third-order valence-corrected chi connectivity index (χ3v) is 4.29. The van der Waals surface area contributed by atoms with Gasteiger partial charge in [0.25, 0.3) is 0 Å². The highest BCUT2D eigenvalue weighted by Gasteiger charge is 2.33. The molecule has 1 aliphatic heterocycles. The molecule has 6 nitrogen and oxygen atoms in total. The van der Waals surface area contributed by atoms with Crippen LogP contribution in [0.2, 0.25) is 5.02 Å². The molecular weight excluding hydrogens is 340 g/mol. The molecule has 25 heavy (non-hydrogen) atoms. The number of aromatic nitrogens is 2. The molecule has 0 spiro atoms. The van der Waals surface area contributed by atoms with E-state index in [-0.39, 0.29) is 11.9 Å². The molecule has 7 heteroatoms. The van der Waals surface area contributed by atoms with Crippen LogP contribution in [0.1, 0.15) is 50.1 Å². The second-order valence-electron chi connectivity index (χ2n) is 5.74. The van der Waals surface area contributed by atoms with E-state index < -0.39 is 11.8 Å². The number of hydrogen-bond acceptors (Lipinski definition) is 5. The second-order valence-corrected chi connectivity index (χ2v) is 6.18. The summed E-state index contributed by atoms with van der Waals surface area (Å²) in [7, 11) is 0. The highest BCUT2D eigenvalue weighted by Crippen LogP contribution is 2.37. The van der Waals surface area contributed by atoms with Gasteiger partial charge in [-0.2, -0.15) is 0 Å². The Labute approximate surface area is 150 Å². The van der Waals surface area contributed by atoms with Gasteiger partial charge in [-0.1, -0.05) is 30.7 Å². The van der Waals surface area contributed by atoms with E-state index in [0.29, 0.717) is 16.3 Å². The molecule has 1 unspecified atom stereocenters. The van der Waals surface area contributed by atoms with E-state index >= 15 is 0 Å². The van der Waals surface area contributed by atoms with Crippen LogP contribution in [0.4, 0.5) is 5.82 Å². The lowest BCUT2D eigenvalue weighted by Gasteiger charge is -2.19. The van der Waals surface area contributed by atoms with Crippen molar-refractivity contribution in [3.63, 3.8) is 0 Å². The van der Waals surface area contributed by atoms with Crippen molar-refractivity contribution < 1.29 is 9.59 Å². The van der Waals surface area contributed by atoms with Crippen molar-refractivity contribution in [1.29, 1.82) is 0 Å². The number of anilines is 1. The number of imide groups is 1. The first-order valence-electron chi connectivity index (χ1n) is 7.94. The van der Waals surface area contributed by atoms with E-state index in [1.807, 2.05) is 19.1 Å². The molecule has 1 aliphatic rings. The minimum atomic E-state index is -0.399. The fraction of sp³-hybridized carbons (Fsp3) is 0.278. The predicted octanol–water partition coefficient (Wildman–Crippen LogP) is 3.33. The molecule has 0 bridgehead atoms. The van der Waals surface area contributed by atoms with Gasteiger partial charge in [-0.05, 0) is 18.6 Å². The Kier molecular flexibility index (Phi) is 4.63. The molecule has 2 aromatic rings. The zero-order valence-corrected chi connectivity index (χ0v) is 14.9. The van der Waals surface area contributed by atoms with Gasteiger partial charge in [-0.25, -0.2) is 14.9 Å². The van der Waals surface area contributed by atoms with Crippen LogP contribution in [0.5, 0.6) is 0 Å². The molecule has 1 aromatic heterocycles. The molecule has 0 saturated carbocycles. The number of amides is 2. The van der Waals surface area contributed by atoms with Crippen molar-refractivity contribution >= 4 is 34.9 Å². The summed E-state index contributed by atoms with van der Waals surface area (Å²) in [5, 5.41) is 0.619. The average molecular weight is 357 g/mol. The number of rotatable bonds is 3. The monoisotopic (exact) mass is 356 g/mol. The highest BCUT2D eigenvalue weighted by atomic mass is 35.5. The van der Waals surface area contributed by atoms with Gasteiger partial charge in [0.15, 0.2) is 5.82 Å². The molecule has 128 valence electrons. The molecule has 1 aromatic carbocycles. The Balaban J connectivity index is 2.23. The van der Waals surface area contributed by atoms with Gasteiger partial charge in [0.2, 0.25) is 11.8 Å². The van der Waals surface area contributed by atoms with E-state index in [9.17, 15) is 9.59 Å². The standard InChI is InChI=1S/C18H17ClN4O2/c1-4-14-17-15(16(22-14)12-5-7-13(19)8-6-12)18(21-9-20-17)23(10(2)24)11(3)25/h5-9,14H,4H2,1-3H3. The molecule has 3 rings (SSSR count). The summed E-state index contributed by atoms with van der Waals surface area (Å²) in [6.07, 6.45) is 2.12. The van der Waals surface area contributed by atoms with Gasteiger partial charge in [-0.3, -0.25) is 14.6 Å². The first-order valence-corrected chi connectivity index (χ1v) is 8.32. The lowest BCUT2D eigenvalue weighted by atomic mass is 10.0. The molecule has 0 radical (unpaired) electrons. The van der Waals surface area contributed by atoms with Crippen molar-refractivity contribution in [1.82, 2.24) is 9.97 Å². The maximum atomic E-state index is 12.0. The summed E-state index contributed by atoms with van der Waals surface area (Å²) in [4.78, 5) is 38.4. The van der Waals surface area contributed by atoms with Gasteiger partial charge in [0.1, 0.15) is 6.33 Å². The first-order chi connectivity index (χ1) is 11.9. The van der Waals surface area contributed by atoms with E-state index in [4.69, 9.17) is 16.6 Å². The largest absolute Gasteiger partial charge is 0.274 e. The van der Waals surface area contributed by atoms with E-state index in [1.54, 1.807) is 12.1 Å². The molecule has 2 heterocycles. The predicted molar refractivity (Wildman–Crippen MR) is 96.0 cm³/mol. The van der Waals surface area contributed by atoms with Crippen LogP contribution < -0.4 is 4.90 Å². The number of hydrogen-bond donors (Lipinski definition) is 0. The normalized spacial score (nSPS) is 15.5. The quantitative estimate of drug-likeness (QED) is 0.845. The smallest absolute Gasteiger partial charge is 0.231 e. The van der Waals surface area contributed by atoms with Crippen molar-refractivity contribution in [2.45, 2.75) is 33.2 Å². The molecule has 1 atom stereocenters. The van der Waals surface area contributed by atoms with Gasteiger partial charge < -0.3 is 0 Å². The lowest BCUT2D eigenvalue weighted by molar-refractivity contribution is -0.124. The third-order valence-electron chi connectivity index (χ3n) is 4.04. The van der Waals surface area contributed by atoms with Crippen LogP contribution >= 0.6 is 11.6 Å². The molecule has 0 aliphatic carbocycles. The maximum Gasteiger partial charge on any atom is 0.231 e. The number of aliphatic imine (C=N–C) groups is 1. The summed E-state index contributed by atoms with van der Waals surface area (Å²) in [5.41, 5.74) is 2.86. The van der Waals surface area contributed by atoms with E-state index in [2.05, 4.69) is 9.97 Å². The van der Waals surface area contributed by atoms with Gasteiger partial charge in [0.05, 0.1) is 23.0 Å². The molecular formula is C18H17ClN4O2. The van der Waals surface area contributed by atoms with Crippen LogP contribution in [-0.4, -0.2) is 27.5 Å². The number of benzene rings is 1. The zero-order chi connectivity index (χ0) is 18.1. The Morgan fingerprint density at radius 2 is 1.76 bits per heavy atom. The number of fused-ring (bicyclic) bond motifs is 1. The van der Waals surface area contributed by atoms with Crippen LogP contribution in [0.25, 0.3) is 0 Å². The molecule has 0 N–H and O–H groups in total. The Morgan fingerprint density at radius 1 is 1.12 bits per heavy atom. The number of halogens is 1. The van der Waals surface area contributed by atoms with Gasteiger partial charge in [0, 0.05) is 24.4 Å². The summed E-state index contributed by atoms with van der Waals surface area (Å²) < 4.78 is 0. The minimum Gasteiger partial charge on any atom is -0.274 e. The average Bonchev–Trinajstić information content (AvgIpc) is 2.94. The maximum absolute atomic E-state index is 12.0. The van der Waals surface area contributed by atoms with Crippen LogP contribution in [0, 0.1) is 0 Å². The van der Waals surface area contributed by atoms with Crippen LogP contribution in [0.3, 0.4) is 0 Å². The van der Waals surface area contributed by atoms with Gasteiger partial charge >= 0.3 is 0 Å². The van der Waals surface area contributed by atoms with Crippen LogP contribution in [-0.2, 0) is 9.59 Å². The summed E-state index contributed by atoms with van der Waals surface area (Å²) >= 11 is 5.98. The zero-order valence-electron chi connectivity index (χ0n) is 14.2. The first kappa shape index (κ1) is 17.2. The van der Waals surface area contributed by atoms with Crippen molar-refractivity contribution in [3.05, 3.63) is 52.4 Å².